The van der Waals surface area contributed by atoms with Crippen LogP contribution in [0.3, 0.4) is 0 Å². The van der Waals surface area contributed by atoms with E-state index >= 15 is 0 Å². The molecule has 0 radical (unpaired) electrons. The molecule has 0 aromatic heterocycles. The summed E-state index contributed by atoms with van der Waals surface area (Å²) in [6.07, 6.45) is 0.733. The first-order valence-electron chi connectivity index (χ1n) is 6.75. The minimum Gasteiger partial charge on any atom is -0.496 e. The molecule has 1 amide bonds. The van der Waals surface area contributed by atoms with Gasteiger partial charge >= 0.3 is 0 Å². The molecule has 0 unspecified atom stereocenters. The van der Waals surface area contributed by atoms with Crippen molar-refractivity contribution in [2.45, 2.75) is 6.42 Å². The quantitative estimate of drug-likeness (QED) is 0.843. The fourth-order valence-electron chi connectivity index (χ4n) is 2.14. The summed E-state index contributed by atoms with van der Waals surface area (Å²) in [5.74, 6) is 0.770. The van der Waals surface area contributed by atoms with Crippen LogP contribution in [0.25, 0.3) is 0 Å². The molecule has 2 aromatic rings. The predicted molar refractivity (Wildman–Crippen MR) is 85.1 cm³/mol. The second-order valence-electron chi connectivity index (χ2n) is 4.77. The Hall–Kier alpha value is -2.00. The highest BCUT2D eigenvalue weighted by Gasteiger charge is 2.14. The highest BCUT2D eigenvalue weighted by atomic mass is 35.5. The van der Waals surface area contributed by atoms with Crippen LogP contribution in [0.1, 0.15) is 15.9 Å². The summed E-state index contributed by atoms with van der Waals surface area (Å²) in [4.78, 5) is 14.0. The number of halogens is 1. The van der Waals surface area contributed by atoms with Crippen molar-refractivity contribution in [2.75, 3.05) is 20.7 Å². The van der Waals surface area contributed by atoms with Crippen molar-refractivity contribution in [3.63, 3.8) is 0 Å². The van der Waals surface area contributed by atoms with E-state index in [4.69, 9.17) is 16.3 Å². The zero-order valence-electron chi connectivity index (χ0n) is 12.2. The average Bonchev–Trinajstić information content (AvgIpc) is 2.52. The van der Waals surface area contributed by atoms with Crippen LogP contribution in [0.15, 0.2) is 48.5 Å². The number of methoxy groups -OCH3 is 1. The van der Waals surface area contributed by atoms with Crippen LogP contribution in [0.5, 0.6) is 5.75 Å². The van der Waals surface area contributed by atoms with Gasteiger partial charge in [0.2, 0.25) is 0 Å². The number of benzene rings is 2. The number of hydrogen-bond donors (Lipinski definition) is 0. The molecule has 0 spiro atoms. The first kappa shape index (κ1) is 15.4. The van der Waals surface area contributed by atoms with Gasteiger partial charge in [0.25, 0.3) is 5.91 Å². The van der Waals surface area contributed by atoms with Gasteiger partial charge in [-0.05, 0) is 30.2 Å². The maximum absolute atomic E-state index is 12.4. The van der Waals surface area contributed by atoms with E-state index in [0.717, 1.165) is 17.7 Å². The maximum Gasteiger partial charge on any atom is 0.255 e. The summed E-state index contributed by atoms with van der Waals surface area (Å²) >= 11 is 6.06. The van der Waals surface area contributed by atoms with Crippen molar-refractivity contribution in [3.8, 4) is 5.75 Å². The van der Waals surface area contributed by atoms with E-state index in [1.165, 1.54) is 0 Å². The van der Waals surface area contributed by atoms with E-state index < -0.39 is 0 Å². The van der Waals surface area contributed by atoms with Crippen molar-refractivity contribution in [1.29, 1.82) is 0 Å². The fraction of sp³-hybridized carbons (Fsp3) is 0.235. The van der Waals surface area contributed by atoms with Crippen molar-refractivity contribution >= 4 is 17.5 Å². The number of rotatable bonds is 5. The Morgan fingerprint density at radius 1 is 1.14 bits per heavy atom. The lowest BCUT2D eigenvalue weighted by atomic mass is 10.1. The number of carbonyl (C=O) groups is 1. The van der Waals surface area contributed by atoms with Crippen LogP contribution in [0.4, 0.5) is 0 Å². The van der Waals surface area contributed by atoms with E-state index in [1.807, 2.05) is 36.4 Å². The molecule has 2 rings (SSSR count). The van der Waals surface area contributed by atoms with Crippen molar-refractivity contribution in [1.82, 2.24) is 4.90 Å². The summed E-state index contributed by atoms with van der Waals surface area (Å²) in [6.45, 7) is 0.602. The van der Waals surface area contributed by atoms with Crippen LogP contribution in [-0.2, 0) is 6.42 Å². The van der Waals surface area contributed by atoms with Gasteiger partial charge in [-0.1, -0.05) is 41.9 Å². The van der Waals surface area contributed by atoms with Gasteiger partial charge in [0.1, 0.15) is 5.75 Å². The Labute approximate surface area is 130 Å². The lowest BCUT2D eigenvalue weighted by molar-refractivity contribution is 0.0796. The van der Waals surface area contributed by atoms with E-state index in [-0.39, 0.29) is 5.91 Å². The van der Waals surface area contributed by atoms with Crippen molar-refractivity contribution < 1.29 is 9.53 Å². The normalized spacial score (nSPS) is 10.2. The second-order valence-corrected chi connectivity index (χ2v) is 5.18. The van der Waals surface area contributed by atoms with E-state index in [9.17, 15) is 4.79 Å². The lowest BCUT2D eigenvalue weighted by Gasteiger charge is -2.18. The molecular formula is C17H18ClNO2. The molecule has 0 saturated carbocycles. The Kier molecular flexibility index (Phi) is 5.23. The van der Waals surface area contributed by atoms with Crippen LogP contribution < -0.4 is 4.74 Å². The molecule has 0 aliphatic heterocycles. The third-order valence-electron chi connectivity index (χ3n) is 3.36. The number of para-hydroxylation sites is 1. The molecule has 0 aliphatic carbocycles. The number of ether oxygens (including phenoxy) is 1. The van der Waals surface area contributed by atoms with Gasteiger partial charge in [-0.25, -0.2) is 0 Å². The Morgan fingerprint density at radius 3 is 2.52 bits per heavy atom. The third kappa shape index (κ3) is 3.76. The van der Waals surface area contributed by atoms with E-state index in [1.54, 1.807) is 31.2 Å². The summed E-state index contributed by atoms with van der Waals surface area (Å²) in [5, 5.41) is 0.478. The van der Waals surface area contributed by atoms with Gasteiger partial charge in [0.15, 0.2) is 0 Å². The lowest BCUT2D eigenvalue weighted by Crippen LogP contribution is -2.29. The molecule has 2 aromatic carbocycles. The molecule has 0 fully saturated rings. The minimum absolute atomic E-state index is 0.0736. The van der Waals surface area contributed by atoms with Gasteiger partial charge in [0, 0.05) is 13.6 Å². The molecule has 3 nitrogen and oxygen atoms in total. The van der Waals surface area contributed by atoms with Crippen molar-refractivity contribution in [2.24, 2.45) is 0 Å². The molecule has 110 valence electrons. The third-order valence-corrected chi connectivity index (χ3v) is 3.69. The smallest absolute Gasteiger partial charge is 0.255 e. The van der Waals surface area contributed by atoms with Crippen LogP contribution in [-0.4, -0.2) is 31.5 Å². The Balaban J connectivity index is 2.03. The number of likely N-dealkylation sites (N-methyl/N-ethyl adjacent to an activating group) is 1. The van der Waals surface area contributed by atoms with Gasteiger partial charge in [0.05, 0.1) is 17.7 Å². The summed E-state index contributed by atoms with van der Waals surface area (Å²) in [6, 6.07) is 14.9. The zero-order chi connectivity index (χ0) is 15.2. The standard InChI is InChI=1S/C17H18ClNO2/c1-19(17(20)14-8-4-5-9-15(14)18)12-11-13-7-3-6-10-16(13)21-2/h3-10H,11-12H2,1-2H3. The number of hydrogen-bond acceptors (Lipinski definition) is 2. The highest BCUT2D eigenvalue weighted by molar-refractivity contribution is 6.33. The molecule has 0 atom stereocenters. The maximum atomic E-state index is 12.4. The summed E-state index contributed by atoms with van der Waals surface area (Å²) in [5.41, 5.74) is 1.61. The molecule has 0 heterocycles. The molecule has 0 N–H and O–H groups in total. The number of nitrogens with zero attached hydrogens (tertiary/aromatic N) is 1. The van der Waals surface area contributed by atoms with E-state index in [0.29, 0.717) is 17.1 Å². The predicted octanol–water partition coefficient (Wildman–Crippen LogP) is 3.66. The van der Waals surface area contributed by atoms with Crippen molar-refractivity contribution in [3.05, 3.63) is 64.7 Å². The monoisotopic (exact) mass is 303 g/mol. The zero-order valence-corrected chi connectivity index (χ0v) is 12.9. The minimum atomic E-state index is -0.0736. The van der Waals surface area contributed by atoms with Gasteiger partial charge in [-0.3, -0.25) is 4.79 Å². The molecule has 0 saturated heterocycles. The topological polar surface area (TPSA) is 29.5 Å². The first-order chi connectivity index (χ1) is 10.1. The molecule has 4 heteroatoms. The first-order valence-corrected chi connectivity index (χ1v) is 7.13. The van der Waals surface area contributed by atoms with Gasteiger partial charge < -0.3 is 9.64 Å². The van der Waals surface area contributed by atoms with Gasteiger partial charge in [-0.2, -0.15) is 0 Å². The van der Waals surface area contributed by atoms with Gasteiger partial charge in [-0.15, -0.1) is 0 Å². The molecule has 0 aliphatic rings. The van der Waals surface area contributed by atoms with Crippen LogP contribution in [0, 0.1) is 0 Å². The highest BCUT2D eigenvalue weighted by Crippen LogP contribution is 2.19. The largest absolute Gasteiger partial charge is 0.496 e. The summed E-state index contributed by atoms with van der Waals surface area (Å²) in [7, 11) is 3.43. The SMILES string of the molecule is COc1ccccc1CCN(C)C(=O)c1ccccc1Cl. The number of amides is 1. The number of carbonyl (C=O) groups excluding carboxylic acids is 1. The fourth-order valence-corrected chi connectivity index (χ4v) is 2.36. The van der Waals surface area contributed by atoms with Crippen LogP contribution >= 0.6 is 11.6 Å². The molecular weight excluding hydrogens is 286 g/mol. The second kappa shape index (κ2) is 7.14. The average molecular weight is 304 g/mol. The van der Waals surface area contributed by atoms with Crippen LogP contribution in [0.2, 0.25) is 5.02 Å². The molecule has 0 bridgehead atoms. The Morgan fingerprint density at radius 2 is 1.81 bits per heavy atom. The molecule has 21 heavy (non-hydrogen) atoms. The van der Waals surface area contributed by atoms with E-state index in [2.05, 4.69) is 0 Å². The Bertz CT molecular complexity index is 628. The summed E-state index contributed by atoms with van der Waals surface area (Å²) < 4.78 is 5.32.